The molecule has 0 bridgehead atoms. The van der Waals surface area contributed by atoms with E-state index in [9.17, 15) is 4.79 Å². The number of rotatable bonds is 2. The summed E-state index contributed by atoms with van der Waals surface area (Å²) in [5, 5.41) is 0. The lowest BCUT2D eigenvalue weighted by Crippen LogP contribution is -2.36. The normalized spacial score (nSPS) is 20.1. The summed E-state index contributed by atoms with van der Waals surface area (Å²) >= 11 is 0. The molecule has 1 aromatic rings. The van der Waals surface area contributed by atoms with Crippen LogP contribution in [0.15, 0.2) is 18.2 Å². The van der Waals surface area contributed by atoms with E-state index in [1.165, 1.54) is 11.1 Å². The van der Waals surface area contributed by atoms with Crippen molar-refractivity contribution in [3.63, 3.8) is 0 Å². The molecule has 2 unspecified atom stereocenters. The van der Waals surface area contributed by atoms with Gasteiger partial charge in [-0.05, 0) is 52.5 Å². The lowest BCUT2D eigenvalue weighted by atomic mass is 9.91. The zero-order valence-electron chi connectivity index (χ0n) is 14.3. The lowest BCUT2D eigenvalue weighted by Gasteiger charge is -2.25. The molecule has 1 aliphatic heterocycles. The summed E-state index contributed by atoms with van der Waals surface area (Å²) in [4.78, 5) is 13.9. The number of aryl methyl sites for hydroxylation is 2. The monoisotopic (exact) mass is 304 g/mol. The van der Waals surface area contributed by atoms with Crippen molar-refractivity contribution >= 4 is 6.09 Å². The highest BCUT2D eigenvalue weighted by atomic mass is 16.6. The van der Waals surface area contributed by atoms with Crippen LogP contribution in [-0.4, -0.2) is 29.7 Å². The van der Waals surface area contributed by atoms with Crippen molar-refractivity contribution in [1.29, 1.82) is 0 Å². The Morgan fingerprint density at radius 1 is 1.27 bits per heavy atom. The third kappa shape index (κ3) is 4.23. The van der Waals surface area contributed by atoms with Crippen molar-refractivity contribution < 1.29 is 9.53 Å². The van der Waals surface area contributed by atoms with Gasteiger partial charge in [-0.15, -0.1) is 0 Å². The van der Waals surface area contributed by atoms with Crippen LogP contribution in [0.5, 0.6) is 0 Å². The molecule has 0 saturated carbocycles. The van der Waals surface area contributed by atoms with Gasteiger partial charge in [0.2, 0.25) is 0 Å². The molecule has 1 aliphatic rings. The maximum Gasteiger partial charge on any atom is 0.410 e. The van der Waals surface area contributed by atoms with Gasteiger partial charge in [-0.1, -0.05) is 29.3 Å². The van der Waals surface area contributed by atoms with Crippen LogP contribution >= 0.6 is 0 Å². The topological polar surface area (TPSA) is 55.6 Å². The molecule has 0 aliphatic carbocycles. The van der Waals surface area contributed by atoms with E-state index in [-0.39, 0.29) is 18.1 Å². The molecule has 4 heteroatoms. The quantitative estimate of drug-likeness (QED) is 0.909. The second-order valence-corrected chi connectivity index (χ2v) is 7.42. The first-order valence-electron chi connectivity index (χ1n) is 7.97. The van der Waals surface area contributed by atoms with E-state index in [0.29, 0.717) is 6.54 Å². The summed E-state index contributed by atoms with van der Waals surface area (Å²) in [5.41, 5.74) is 9.61. The number of hydrogen-bond donors (Lipinski definition) is 1. The van der Waals surface area contributed by atoms with Crippen LogP contribution < -0.4 is 5.73 Å². The van der Waals surface area contributed by atoms with Crippen molar-refractivity contribution in [3.05, 3.63) is 34.9 Å². The van der Waals surface area contributed by atoms with Gasteiger partial charge in [-0.3, -0.25) is 0 Å². The number of nitrogens with zero attached hydrogens (tertiary/aromatic N) is 1. The standard InChI is InChI=1S/C18H28N2O2/c1-12-8-13(2)10-15(9-12)16(19)14-6-7-20(11-14)17(21)22-18(3,4)5/h8-10,14,16H,6-7,11,19H2,1-5H3. The SMILES string of the molecule is Cc1cc(C)cc(C(N)C2CCN(C(=O)OC(C)(C)C)C2)c1. The third-order valence-corrected chi connectivity index (χ3v) is 4.01. The number of likely N-dealkylation sites (tertiary alicyclic amines) is 1. The number of hydrogen-bond acceptors (Lipinski definition) is 3. The highest BCUT2D eigenvalue weighted by Crippen LogP contribution is 2.30. The summed E-state index contributed by atoms with van der Waals surface area (Å²) in [7, 11) is 0. The average molecular weight is 304 g/mol. The zero-order valence-corrected chi connectivity index (χ0v) is 14.3. The minimum atomic E-state index is -0.453. The molecule has 4 nitrogen and oxygen atoms in total. The first kappa shape index (κ1) is 16.8. The predicted molar refractivity (Wildman–Crippen MR) is 88.8 cm³/mol. The Morgan fingerprint density at radius 3 is 2.41 bits per heavy atom. The predicted octanol–water partition coefficient (Wildman–Crippen LogP) is 3.56. The van der Waals surface area contributed by atoms with Crippen molar-refractivity contribution in [3.8, 4) is 0 Å². The lowest BCUT2D eigenvalue weighted by molar-refractivity contribution is 0.0286. The van der Waals surface area contributed by atoms with Crippen molar-refractivity contribution in [2.45, 2.75) is 52.7 Å². The van der Waals surface area contributed by atoms with Crippen LogP contribution in [0, 0.1) is 19.8 Å². The molecule has 1 aromatic carbocycles. The molecule has 0 radical (unpaired) electrons. The van der Waals surface area contributed by atoms with Gasteiger partial charge in [0.1, 0.15) is 5.60 Å². The van der Waals surface area contributed by atoms with Gasteiger partial charge >= 0.3 is 6.09 Å². The molecular formula is C18H28N2O2. The zero-order chi connectivity index (χ0) is 16.5. The van der Waals surface area contributed by atoms with Crippen molar-refractivity contribution in [2.24, 2.45) is 11.7 Å². The maximum absolute atomic E-state index is 12.1. The number of carbonyl (C=O) groups excluding carboxylic acids is 1. The molecule has 122 valence electrons. The number of amides is 1. The maximum atomic E-state index is 12.1. The first-order chi connectivity index (χ1) is 10.2. The van der Waals surface area contributed by atoms with E-state index in [4.69, 9.17) is 10.5 Å². The average Bonchev–Trinajstić information content (AvgIpc) is 2.84. The van der Waals surface area contributed by atoms with Gasteiger partial charge in [0.05, 0.1) is 0 Å². The Labute approximate surface area is 133 Å². The van der Waals surface area contributed by atoms with E-state index in [1.807, 2.05) is 20.8 Å². The van der Waals surface area contributed by atoms with Crippen LogP contribution in [0.3, 0.4) is 0 Å². The van der Waals surface area contributed by atoms with Crippen LogP contribution in [0.25, 0.3) is 0 Å². The second kappa shape index (κ2) is 6.29. The molecule has 1 amide bonds. The Balaban J connectivity index is 2.02. The van der Waals surface area contributed by atoms with Crippen LogP contribution in [0.4, 0.5) is 4.79 Å². The Hall–Kier alpha value is -1.55. The summed E-state index contributed by atoms with van der Waals surface area (Å²) in [5.74, 6) is 0.286. The van der Waals surface area contributed by atoms with Crippen LogP contribution in [0.1, 0.15) is 49.9 Å². The number of carbonyl (C=O) groups is 1. The van der Waals surface area contributed by atoms with Gasteiger partial charge in [-0.2, -0.15) is 0 Å². The molecule has 0 spiro atoms. The molecule has 1 saturated heterocycles. The summed E-state index contributed by atoms with van der Waals surface area (Å²) in [6.07, 6.45) is 0.690. The largest absolute Gasteiger partial charge is 0.444 e. The van der Waals surface area contributed by atoms with Crippen LogP contribution in [-0.2, 0) is 4.74 Å². The molecule has 1 fully saturated rings. The molecular weight excluding hydrogens is 276 g/mol. The minimum absolute atomic E-state index is 0.0361. The molecule has 2 N–H and O–H groups in total. The minimum Gasteiger partial charge on any atom is -0.444 e. The Morgan fingerprint density at radius 2 is 1.86 bits per heavy atom. The first-order valence-corrected chi connectivity index (χ1v) is 7.97. The third-order valence-electron chi connectivity index (χ3n) is 4.01. The van der Waals surface area contributed by atoms with E-state index in [1.54, 1.807) is 4.90 Å². The summed E-state index contributed by atoms with van der Waals surface area (Å²) in [6, 6.07) is 6.41. The Bertz CT molecular complexity index is 528. The highest BCUT2D eigenvalue weighted by Gasteiger charge is 2.33. The van der Waals surface area contributed by atoms with Crippen molar-refractivity contribution in [2.75, 3.05) is 13.1 Å². The molecule has 0 aromatic heterocycles. The summed E-state index contributed by atoms with van der Waals surface area (Å²) < 4.78 is 5.44. The van der Waals surface area contributed by atoms with Crippen LogP contribution in [0.2, 0.25) is 0 Å². The van der Waals surface area contributed by atoms with E-state index in [0.717, 1.165) is 18.5 Å². The molecule has 1 heterocycles. The Kier molecular flexibility index (Phi) is 4.81. The van der Waals surface area contributed by atoms with E-state index in [2.05, 4.69) is 32.0 Å². The highest BCUT2D eigenvalue weighted by molar-refractivity contribution is 5.68. The second-order valence-electron chi connectivity index (χ2n) is 7.42. The fraction of sp³-hybridized carbons (Fsp3) is 0.611. The number of benzene rings is 1. The van der Waals surface area contributed by atoms with E-state index >= 15 is 0 Å². The number of nitrogens with two attached hydrogens (primary N) is 1. The van der Waals surface area contributed by atoms with Gasteiger partial charge in [0.15, 0.2) is 0 Å². The van der Waals surface area contributed by atoms with Gasteiger partial charge in [-0.25, -0.2) is 4.79 Å². The fourth-order valence-corrected chi connectivity index (χ4v) is 3.05. The van der Waals surface area contributed by atoms with Gasteiger partial charge in [0, 0.05) is 19.1 Å². The smallest absolute Gasteiger partial charge is 0.410 e. The fourth-order valence-electron chi connectivity index (χ4n) is 3.05. The van der Waals surface area contributed by atoms with Gasteiger partial charge < -0.3 is 15.4 Å². The molecule has 2 atom stereocenters. The molecule has 2 rings (SSSR count). The van der Waals surface area contributed by atoms with Gasteiger partial charge in [0.25, 0.3) is 0 Å². The van der Waals surface area contributed by atoms with E-state index < -0.39 is 5.60 Å². The number of ether oxygens (including phenoxy) is 1. The summed E-state index contributed by atoms with van der Waals surface area (Å²) in [6.45, 7) is 11.2. The molecule has 22 heavy (non-hydrogen) atoms. The van der Waals surface area contributed by atoms with Crippen molar-refractivity contribution in [1.82, 2.24) is 4.90 Å².